The van der Waals surface area contributed by atoms with E-state index in [1.807, 2.05) is 0 Å². The molecule has 1 aliphatic heterocycles. The van der Waals surface area contributed by atoms with E-state index in [1.165, 1.54) is 11.1 Å². The van der Waals surface area contributed by atoms with Crippen LogP contribution in [0.3, 0.4) is 0 Å². The number of hydrogen-bond donors (Lipinski definition) is 0. The van der Waals surface area contributed by atoms with E-state index in [0.29, 0.717) is 16.3 Å². The van der Waals surface area contributed by atoms with Crippen molar-refractivity contribution in [2.24, 2.45) is 18.9 Å². The van der Waals surface area contributed by atoms with Crippen molar-refractivity contribution in [2.45, 2.75) is 20.3 Å². The number of aryl methyl sites for hydroxylation is 1. The van der Waals surface area contributed by atoms with E-state index in [9.17, 15) is 4.79 Å². The lowest BCUT2D eigenvalue weighted by atomic mass is 9.92. The van der Waals surface area contributed by atoms with Gasteiger partial charge in [-0.25, -0.2) is 4.68 Å². The third kappa shape index (κ3) is 2.54. The van der Waals surface area contributed by atoms with Gasteiger partial charge in [0.2, 0.25) is 0 Å². The molecule has 2 rings (SSSR count). The molecule has 0 radical (unpaired) electrons. The molecule has 0 bridgehead atoms. The highest BCUT2D eigenvalue weighted by atomic mass is 79.9. The van der Waals surface area contributed by atoms with Gasteiger partial charge in [0.25, 0.3) is 5.56 Å². The molecule has 17 heavy (non-hydrogen) atoms. The Morgan fingerprint density at radius 1 is 1.35 bits per heavy atom. The monoisotopic (exact) mass is 299 g/mol. The van der Waals surface area contributed by atoms with E-state index in [1.54, 1.807) is 13.2 Å². The SMILES string of the molecule is C[C@@H]1C[C@H](C)CN(c2cnn(C)c(=O)c2Br)C1. The molecule has 4 nitrogen and oxygen atoms in total. The molecule has 5 heteroatoms. The molecule has 0 aliphatic carbocycles. The first-order valence-corrected chi connectivity index (χ1v) is 6.75. The maximum Gasteiger partial charge on any atom is 0.282 e. The van der Waals surface area contributed by atoms with Crippen LogP contribution in [0, 0.1) is 11.8 Å². The van der Waals surface area contributed by atoms with Gasteiger partial charge in [-0.15, -0.1) is 0 Å². The van der Waals surface area contributed by atoms with Gasteiger partial charge in [-0.2, -0.15) is 5.10 Å². The highest BCUT2D eigenvalue weighted by Crippen LogP contribution is 2.29. The Bertz CT molecular complexity index is 461. The van der Waals surface area contributed by atoms with Crippen LogP contribution in [-0.2, 0) is 7.05 Å². The minimum absolute atomic E-state index is 0.0756. The first-order valence-electron chi connectivity index (χ1n) is 5.95. The summed E-state index contributed by atoms with van der Waals surface area (Å²) < 4.78 is 1.97. The van der Waals surface area contributed by atoms with Gasteiger partial charge < -0.3 is 4.90 Å². The zero-order chi connectivity index (χ0) is 12.6. The van der Waals surface area contributed by atoms with Crippen molar-refractivity contribution in [1.82, 2.24) is 9.78 Å². The van der Waals surface area contributed by atoms with Gasteiger partial charge in [-0.05, 0) is 34.2 Å². The lowest BCUT2D eigenvalue weighted by molar-refractivity contribution is 0.356. The zero-order valence-electron chi connectivity index (χ0n) is 10.5. The van der Waals surface area contributed by atoms with Gasteiger partial charge in [-0.1, -0.05) is 13.8 Å². The molecule has 94 valence electrons. The van der Waals surface area contributed by atoms with Crippen LogP contribution in [-0.4, -0.2) is 22.9 Å². The summed E-state index contributed by atoms with van der Waals surface area (Å²) in [7, 11) is 1.67. The molecule has 1 fully saturated rings. The summed E-state index contributed by atoms with van der Waals surface area (Å²) in [6.07, 6.45) is 3.03. The second kappa shape index (κ2) is 4.80. The molecule has 0 N–H and O–H groups in total. The summed E-state index contributed by atoms with van der Waals surface area (Å²) in [5.74, 6) is 1.32. The molecular weight excluding hydrogens is 282 g/mol. The van der Waals surface area contributed by atoms with Gasteiger partial charge in [0.15, 0.2) is 0 Å². The van der Waals surface area contributed by atoms with Crippen LogP contribution in [0.4, 0.5) is 5.69 Å². The number of piperidine rings is 1. The Balaban J connectivity index is 2.34. The van der Waals surface area contributed by atoms with Crippen molar-refractivity contribution < 1.29 is 0 Å². The van der Waals surface area contributed by atoms with Crippen molar-refractivity contribution >= 4 is 21.6 Å². The van der Waals surface area contributed by atoms with Gasteiger partial charge in [0, 0.05) is 20.1 Å². The van der Waals surface area contributed by atoms with Crippen molar-refractivity contribution in [3.63, 3.8) is 0 Å². The first-order chi connectivity index (χ1) is 7.99. The van der Waals surface area contributed by atoms with Crippen LogP contribution >= 0.6 is 15.9 Å². The van der Waals surface area contributed by atoms with Gasteiger partial charge in [0.05, 0.1) is 11.9 Å². The van der Waals surface area contributed by atoms with Crippen LogP contribution in [0.2, 0.25) is 0 Å². The minimum Gasteiger partial charge on any atom is -0.369 e. The Kier molecular flexibility index (Phi) is 3.56. The maximum absolute atomic E-state index is 11.8. The number of halogens is 1. The predicted molar refractivity (Wildman–Crippen MR) is 72.3 cm³/mol. The summed E-state index contributed by atoms with van der Waals surface area (Å²) in [5, 5.41) is 4.10. The Morgan fingerprint density at radius 2 is 1.94 bits per heavy atom. The van der Waals surface area contributed by atoms with Crippen molar-refractivity contribution in [2.75, 3.05) is 18.0 Å². The highest BCUT2D eigenvalue weighted by molar-refractivity contribution is 9.10. The van der Waals surface area contributed by atoms with Gasteiger partial charge >= 0.3 is 0 Å². The molecule has 0 saturated carbocycles. The first kappa shape index (κ1) is 12.6. The minimum atomic E-state index is -0.0756. The summed E-state index contributed by atoms with van der Waals surface area (Å²) in [5.41, 5.74) is 0.847. The van der Waals surface area contributed by atoms with Crippen LogP contribution < -0.4 is 10.5 Å². The molecule has 1 aromatic heterocycles. The molecule has 0 spiro atoms. The molecule has 0 aromatic carbocycles. The third-order valence-corrected chi connectivity index (χ3v) is 4.01. The molecule has 1 aliphatic rings. The van der Waals surface area contributed by atoms with Gasteiger partial charge in [-0.3, -0.25) is 4.79 Å². The van der Waals surface area contributed by atoms with E-state index in [0.717, 1.165) is 18.8 Å². The highest BCUT2D eigenvalue weighted by Gasteiger charge is 2.24. The maximum atomic E-state index is 11.8. The average molecular weight is 300 g/mol. The van der Waals surface area contributed by atoms with E-state index in [4.69, 9.17) is 0 Å². The van der Waals surface area contributed by atoms with Crippen LogP contribution in [0.1, 0.15) is 20.3 Å². The Labute approximate surface area is 110 Å². The second-order valence-corrected chi connectivity index (χ2v) is 5.92. The standard InChI is InChI=1S/C12H18BrN3O/c1-8-4-9(2)7-16(6-8)10-5-14-15(3)12(17)11(10)13/h5,8-9H,4,6-7H2,1-3H3/t8-,9+. The van der Waals surface area contributed by atoms with E-state index in [2.05, 4.69) is 39.8 Å². The molecular formula is C12H18BrN3O. The summed E-state index contributed by atoms with van der Waals surface area (Å²) in [6, 6.07) is 0. The average Bonchev–Trinajstić information content (AvgIpc) is 2.24. The van der Waals surface area contributed by atoms with Crippen molar-refractivity contribution in [3.8, 4) is 0 Å². The fourth-order valence-corrected chi connectivity index (χ4v) is 3.19. The van der Waals surface area contributed by atoms with E-state index in [-0.39, 0.29) is 5.56 Å². The smallest absolute Gasteiger partial charge is 0.282 e. The zero-order valence-corrected chi connectivity index (χ0v) is 12.1. The Morgan fingerprint density at radius 3 is 2.53 bits per heavy atom. The molecule has 0 amide bonds. The summed E-state index contributed by atoms with van der Waals surface area (Å²) >= 11 is 3.39. The number of anilines is 1. The van der Waals surface area contributed by atoms with E-state index < -0.39 is 0 Å². The van der Waals surface area contributed by atoms with Crippen LogP contribution in [0.5, 0.6) is 0 Å². The second-order valence-electron chi connectivity index (χ2n) is 5.12. The molecule has 2 atom stereocenters. The predicted octanol–water partition coefficient (Wildman–Crippen LogP) is 2.03. The van der Waals surface area contributed by atoms with Crippen molar-refractivity contribution in [1.29, 1.82) is 0 Å². The lowest BCUT2D eigenvalue weighted by Crippen LogP contribution is -2.40. The molecule has 1 saturated heterocycles. The van der Waals surface area contributed by atoms with Crippen LogP contribution in [0.25, 0.3) is 0 Å². The molecule has 0 unspecified atom stereocenters. The molecule has 2 heterocycles. The van der Waals surface area contributed by atoms with E-state index >= 15 is 0 Å². The lowest BCUT2D eigenvalue weighted by Gasteiger charge is -2.36. The number of nitrogens with zero attached hydrogens (tertiary/aromatic N) is 3. The normalized spacial score (nSPS) is 25.1. The Hall–Kier alpha value is -0.840. The molecule has 1 aromatic rings. The number of rotatable bonds is 1. The third-order valence-electron chi connectivity index (χ3n) is 3.27. The quantitative estimate of drug-likeness (QED) is 0.796. The largest absolute Gasteiger partial charge is 0.369 e. The fraction of sp³-hybridized carbons (Fsp3) is 0.667. The number of aromatic nitrogens is 2. The summed E-state index contributed by atoms with van der Waals surface area (Å²) in [4.78, 5) is 14.1. The topological polar surface area (TPSA) is 38.1 Å². The van der Waals surface area contributed by atoms with Crippen LogP contribution in [0.15, 0.2) is 15.5 Å². The number of hydrogen-bond acceptors (Lipinski definition) is 3. The van der Waals surface area contributed by atoms with Crippen molar-refractivity contribution in [3.05, 3.63) is 21.0 Å². The fourth-order valence-electron chi connectivity index (χ4n) is 2.58. The summed E-state index contributed by atoms with van der Waals surface area (Å²) in [6.45, 7) is 6.51. The van der Waals surface area contributed by atoms with Gasteiger partial charge in [0.1, 0.15) is 4.47 Å².